The number of hydrogen-bond donors (Lipinski definition) is 2. The van der Waals surface area contributed by atoms with Crippen LogP contribution in [0.2, 0.25) is 5.02 Å². The van der Waals surface area contributed by atoms with Crippen LogP contribution in [-0.4, -0.2) is 45.7 Å². The lowest BCUT2D eigenvalue weighted by atomic mass is 9.94. The molecule has 26 heavy (non-hydrogen) atoms. The van der Waals surface area contributed by atoms with Gasteiger partial charge in [0, 0.05) is 24.2 Å². The van der Waals surface area contributed by atoms with Crippen LogP contribution in [-0.2, 0) is 10.2 Å². The Morgan fingerprint density at radius 1 is 1.23 bits per heavy atom. The first kappa shape index (κ1) is 17.3. The normalized spacial score (nSPS) is 22.3. The van der Waals surface area contributed by atoms with Gasteiger partial charge < -0.3 is 10.2 Å². The fraction of sp³-hybridized carbons (Fsp3) is 0.556. The summed E-state index contributed by atoms with van der Waals surface area (Å²) in [7, 11) is 0. The van der Waals surface area contributed by atoms with Gasteiger partial charge in [0.15, 0.2) is 0 Å². The van der Waals surface area contributed by atoms with Gasteiger partial charge in [-0.3, -0.25) is 4.79 Å². The van der Waals surface area contributed by atoms with Crippen molar-refractivity contribution in [2.45, 2.75) is 50.0 Å². The number of aromatic nitrogens is 4. The van der Waals surface area contributed by atoms with Gasteiger partial charge in [0.1, 0.15) is 0 Å². The molecule has 1 aliphatic carbocycles. The number of carbonyl (C=O) groups excluding carboxylic acids is 1. The first-order chi connectivity index (χ1) is 12.7. The van der Waals surface area contributed by atoms with Crippen molar-refractivity contribution < 1.29 is 4.79 Å². The SMILES string of the molecule is O=C(NC1CCCCCN(c2nn[nH]n2)C1)C1(c2ccc(Cl)cc2)CC1. The number of nitrogens with zero attached hydrogens (tertiary/aromatic N) is 4. The molecule has 8 heteroatoms. The first-order valence-corrected chi connectivity index (χ1v) is 9.61. The Balaban J connectivity index is 1.46. The van der Waals surface area contributed by atoms with Crippen molar-refractivity contribution in [2.75, 3.05) is 18.0 Å². The third-order valence-electron chi connectivity index (χ3n) is 5.46. The number of halogens is 1. The van der Waals surface area contributed by atoms with Gasteiger partial charge in [0.2, 0.25) is 5.91 Å². The molecule has 1 atom stereocenters. The minimum absolute atomic E-state index is 0.0890. The van der Waals surface area contributed by atoms with Crippen molar-refractivity contribution >= 4 is 23.5 Å². The number of rotatable bonds is 4. The van der Waals surface area contributed by atoms with Gasteiger partial charge in [0.25, 0.3) is 5.95 Å². The Morgan fingerprint density at radius 3 is 2.73 bits per heavy atom. The van der Waals surface area contributed by atoms with Gasteiger partial charge in [0.05, 0.1) is 5.41 Å². The van der Waals surface area contributed by atoms with Crippen molar-refractivity contribution in [1.29, 1.82) is 0 Å². The Bertz CT molecular complexity index is 744. The standard InChI is InChI=1S/C18H23ClN6O/c19-14-7-5-13(6-8-14)18(9-10-18)16(26)20-15-4-2-1-3-11-25(12-15)17-21-23-24-22-17/h5-8,15H,1-4,9-12H2,(H,20,26)(H,21,22,23,24). The molecular weight excluding hydrogens is 352 g/mol. The van der Waals surface area contributed by atoms with Crippen LogP contribution in [0.15, 0.2) is 24.3 Å². The molecule has 7 nitrogen and oxygen atoms in total. The van der Waals surface area contributed by atoms with Crippen LogP contribution >= 0.6 is 11.6 Å². The van der Waals surface area contributed by atoms with Crippen LogP contribution in [0, 0.1) is 0 Å². The summed E-state index contributed by atoms with van der Waals surface area (Å²) in [4.78, 5) is 15.2. The van der Waals surface area contributed by atoms with E-state index in [2.05, 4.69) is 30.8 Å². The zero-order valence-corrected chi connectivity index (χ0v) is 15.4. The number of nitrogens with one attached hydrogen (secondary N) is 2. The molecule has 2 fully saturated rings. The minimum Gasteiger partial charge on any atom is -0.351 e. The Kier molecular flexibility index (Phi) is 4.80. The highest BCUT2D eigenvalue weighted by Gasteiger charge is 2.51. The fourth-order valence-corrected chi connectivity index (χ4v) is 3.90. The van der Waals surface area contributed by atoms with Crippen molar-refractivity contribution in [3.05, 3.63) is 34.9 Å². The third-order valence-corrected chi connectivity index (χ3v) is 5.71. The molecular formula is C18H23ClN6O. The van der Waals surface area contributed by atoms with E-state index in [-0.39, 0.29) is 17.4 Å². The fourth-order valence-electron chi connectivity index (χ4n) is 3.77. The third kappa shape index (κ3) is 3.53. The summed E-state index contributed by atoms with van der Waals surface area (Å²) in [6.45, 7) is 1.59. The van der Waals surface area contributed by atoms with Gasteiger partial charge in [-0.1, -0.05) is 41.7 Å². The van der Waals surface area contributed by atoms with E-state index in [1.807, 2.05) is 24.3 Å². The van der Waals surface area contributed by atoms with E-state index in [9.17, 15) is 4.79 Å². The molecule has 1 aliphatic heterocycles. The van der Waals surface area contributed by atoms with E-state index in [1.54, 1.807) is 0 Å². The molecule has 1 unspecified atom stereocenters. The van der Waals surface area contributed by atoms with Crippen LogP contribution < -0.4 is 10.2 Å². The van der Waals surface area contributed by atoms with E-state index in [0.29, 0.717) is 17.5 Å². The van der Waals surface area contributed by atoms with Gasteiger partial charge >= 0.3 is 0 Å². The summed E-state index contributed by atoms with van der Waals surface area (Å²) in [6, 6.07) is 7.75. The predicted molar refractivity (Wildman–Crippen MR) is 99.2 cm³/mol. The molecule has 2 N–H and O–H groups in total. The predicted octanol–water partition coefficient (Wildman–Crippen LogP) is 2.45. The summed E-state index contributed by atoms with van der Waals surface area (Å²) in [5.74, 6) is 0.725. The summed E-state index contributed by atoms with van der Waals surface area (Å²) >= 11 is 5.99. The maximum atomic E-state index is 13.1. The zero-order chi connectivity index (χ0) is 18.0. The average molecular weight is 375 g/mol. The second-order valence-electron chi connectivity index (χ2n) is 7.27. The second kappa shape index (κ2) is 7.23. The topological polar surface area (TPSA) is 86.8 Å². The van der Waals surface area contributed by atoms with Crippen LogP contribution in [0.25, 0.3) is 0 Å². The monoisotopic (exact) mass is 374 g/mol. The van der Waals surface area contributed by atoms with Crippen LogP contribution in [0.5, 0.6) is 0 Å². The number of carbonyl (C=O) groups is 1. The number of tetrazole rings is 1. The Hall–Kier alpha value is -2.15. The van der Waals surface area contributed by atoms with Crippen LogP contribution in [0.4, 0.5) is 5.95 Å². The van der Waals surface area contributed by atoms with Crippen molar-refractivity contribution in [3.8, 4) is 0 Å². The lowest BCUT2D eigenvalue weighted by molar-refractivity contribution is -0.124. The number of hydrogen-bond acceptors (Lipinski definition) is 5. The summed E-state index contributed by atoms with van der Waals surface area (Å²) in [6.07, 6.45) is 6.12. The van der Waals surface area contributed by atoms with Crippen LogP contribution in [0.1, 0.15) is 44.1 Å². The molecule has 1 saturated carbocycles. The quantitative estimate of drug-likeness (QED) is 0.858. The van der Waals surface area contributed by atoms with Gasteiger partial charge in [-0.25, -0.2) is 0 Å². The molecule has 1 aromatic carbocycles. The van der Waals surface area contributed by atoms with Crippen molar-refractivity contribution in [3.63, 3.8) is 0 Å². The number of benzene rings is 1. The molecule has 2 aromatic rings. The molecule has 2 aliphatic rings. The number of aromatic amines is 1. The highest BCUT2D eigenvalue weighted by atomic mass is 35.5. The van der Waals surface area contributed by atoms with E-state index < -0.39 is 0 Å². The van der Waals surface area contributed by atoms with Crippen molar-refractivity contribution in [2.24, 2.45) is 0 Å². The maximum Gasteiger partial charge on any atom is 0.265 e. The molecule has 1 aromatic heterocycles. The van der Waals surface area contributed by atoms with E-state index in [4.69, 9.17) is 11.6 Å². The molecule has 2 heterocycles. The first-order valence-electron chi connectivity index (χ1n) is 9.23. The Labute approximate surface area is 157 Å². The zero-order valence-electron chi connectivity index (χ0n) is 14.6. The lowest BCUT2D eigenvalue weighted by Gasteiger charge is -2.30. The van der Waals surface area contributed by atoms with E-state index in [1.165, 1.54) is 0 Å². The molecule has 4 rings (SSSR count). The van der Waals surface area contributed by atoms with E-state index in [0.717, 1.165) is 50.6 Å². The highest BCUT2D eigenvalue weighted by molar-refractivity contribution is 6.30. The molecule has 138 valence electrons. The minimum atomic E-state index is -0.385. The Morgan fingerprint density at radius 2 is 2.04 bits per heavy atom. The average Bonchev–Trinajstić information content (AvgIpc) is 3.25. The molecule has 1 amide bonds. The molecule has 1 saturated heterocycles. The lowest BCUT2D eigenvalue weighted by Crippen LogP contribution is -2.48. The molecule has 0 radical (unpaired) electrons. The summed E-state index contributed by atoms with van der Waals surface area (Å²) in [5.41, 5.74) is 0.671. The maximum absolute atomic E-state index is 13.1. The van der Waals surface area contributed by atoms with Gasteiger partial charge in [-0.2, -0.15) is 5.21 Å². The second-order valence-corrected chi connectivity index (χ2v) is 7.70. The van der Waals surface area contributed by atoms with Gasteiger partial charge in [-0.05, 0) is 48.6 Å². The number of H-pyrrole nitrogens is 1. The number of amides is 1. The molecule has 0 spiro atoms. The summed E-state index contributed by atoms with van der Waals surface area (Å²) in [5, 5.41) is 18.3. The molecule has 0 bridgehead atoms. The van der Waals surface area contributed by atoms with Crippen LogP contribution in [0.3, 0.4) is 0 Å². The van der Waals surface area contributed by atoms with Gasteiger partial charge in [-0.15, -0.1) is 5.10 Å². The van der Waals surface area contributed by atoms with E-state index >= 15 is 0 Å². The largest absolute Gasteiger partial charge is 0.351 e. The summed E-state index contributed by atoms with van der Waals surface area (Å²) < 4.78 is 0. The van der Waals surface area contributed by atoms with Crippen molar-refractivity contribution in [1.82, 2.24) is 25.9 Å². The highest BCUT2D eigenvalue weighted by Crippen LogP contribution is 2.48. The number of anilines is 1. The smallest absolute Gasteiger partial charge is 0.265 e.